The molecule has 0 bridgehead atoms. The van der Waals surface area contributed by atoms with Crippen molar-refractivity contribution in [2.45, 2.75) is 32.8 Å². The summed E-state index contributed by atoms with van der Waals surface area (Å²) in [4.78, 5) is 6.79. The van der Waals surface area contributed by atoms with Gasteiger partial charge in [-0.1, -0.05) is 13.8 Å². The molecule has 1 saturated heterocycles. The van der Waals surface area contributed by atoms with Gasteiger partial charge in [0.1, 0.15) is 0 Å². The van der Waals surface area contributed by atoms with Crippen LogP contribution in [0, 0.1) is 5.92 Å². The smallest absolute Gasteiger partial charge is 0.191 e. The maximum absolute atomic E-state index is 5.87. The Kier molecular flexibility index (Phi) is 8.21. The van der Waals surface area contributed by atoms with Crippen molar-refractivity contribution in [1.82, 2.24) is 25.3 Å². The summed E-state index contributed by atoms with van der Waals surface area (Å²) in [6.45, 7) is 10.2. The fourth-order valence-corrected chi connectivity index (χ4v) is 3.12. The molecule has 1 aromatic rings. The zero-order chi connectivity index (χ0) is 18.1. The molecule has 0 spiro atoms. The van der Waals surface area contributed by atoms with Gasteiger partial charge in [0, 0.05) is 53.0 Å². The zero-order valence-electron chi connectivity index (χ0n) is 16.2. The summed E-state index contributed by atoms with van der Waals surface area (Å²) >= 11 is 0. The van der Waals surface area contributed by atoms with Crippen LogP contribution in [0.25, 0.3) is 0 Å². The van der Waals surface area contributed by atoms with Crippen molar-refractivity contribution < 1.29 is 4.74 Å². The molecule has 1 aromatic heterocycles. The lowest BCUT2D eigenvalue weighted by atomic mass is 10.2. The largest absolute Gasteiger partial charge is 0.374 e. The summed E-state index contributed by atoms with van der Waals surface area (Å²) in [5, 5.41) is 11.0. The molecule has 2 N–H and O–H groups in total. The van der Waals surface area contributed by atoms with E-state index in [0.717, 1.165) is 58.1 Å². The Morgan fingerprint density at radius 3 is 2.96 bits per heavy atom. The first-order valence-corrected chi connectivity index (χ1v) is 9.32. The van der Waals surface area contributed by atoms with E-state index in [1.54, 1.807) is 0 Å². The van der Waals surface area contributed by atoms with Crippen LogP contribution in [0.1, 0.15) is 25.8 Å². The highest BCUT2D eigenvalue weighted by Crippen LogP contribution is 2.07. The Balaban J connectivity index is 1.62. The second-order valence-corrected chi connectivity index (χ2v) is 7.15. The van der Waals surface area contributed by atoms with Gasteiger partial charge in [0.05, 0.1) is 18.9 Å². The van der Waals surface area contributed by atoms with Gasteiger partial charge in [0.25, 0.3) is 0 Å². The third kappa shape index (κ3) is 7.44. The minimum Gasteiger partial charge on any atom is -0.374 e. The van der Waals surface area contributed by atoms with Crippen LogP contribution in [-0.2, 0) is 18.2 Å². The highest BCUT2D eigenvalue weighted by Gasteiger charge is 2.20. The van der Waals surface area contributed by atoms with Crippen LogP contribution in [0.4, 0.5) is 0 Å². The van der Waals surface area contributed by atoms with Crippen LogP contribution >= 0.6 is 0 Å². The predicted molar refractivity (Wildman–Crippen MR) is 102 cm³/mol. The number of rotatable bonds is 8. The fraction of sp³-hybridized carbons (Fsp3) is 0.778. The Bertz CT molecular complexity index is 527. The summed E-state index contributed by atoms with van der Waals surface area (Å²) in [6.07, 6.45) is 6.29. The van der Waals surface area contributed by atoms with Gasteiger partial charge in [-0.3, -0.25) is 14.6 Å². The van der Waals surface area contributed by atoms with Gasteiger partial charge in [-0.05, 0) is 24.3 Å². The van der Waals surface area contributed by atoms with Crippen LogP contribution in [0.5, 0.6) is 0 Å². The number of hydrogen-bond acceptors (Lipinski definition) is 4. The second-order valence-electron chi connectivity index (χ2n) is 7.15. The van der Waals surface area contributed by atoms with E-state index in [2.05, 4.69) is 45.7 Å². The maximum Gasteiger partial charge on any atom is 0.191 e. The SMILES string of the molecule is CN=C(NCCCc1cnn(C)c1)NCC1CN(CC(C)C)CCO1. The number of guanidine groups is 1. The maximum atomic E-state index is 5.87. The van der Waals surface area contributed by atoms with Crippen molar-refractivity contribution in [2.24, 2.45) is 18.0 Å². The highest BCUT2D eigenvalue weighted by molar-refractivity contribution is 5.79. The van der Waals surface area contributed by atoms with Gasteiger partial charge in [-0.25, -0.2) is 0 Å². The molecule has 1 unspecified atom stereocenters. The van der Waals surface area contributed by atoms with Crippen molar-refractivity contribution in [1.29, 1.82) is 0 Å². The standard InChI is InChI=1S/C18H34N6O/c1-15(2)12-24-8-9-25-17(14-24)11-21-18(19-3)20-7-5-6-16-10-22-23(4)13-16/h10,13,15,17H,5-9,11-12,14H2,1-4H3,(H2,19,20,21). The van der Waals surface area contributed by atoms with Crippen LogP contribution in [0.3, 0.4) is 0 Å². The highest BCUT2D eigenvalue weighted by atomic mass is 16.5. The van der Waals surface area contributed by atoms with Gasteiger partial charge in [-0.15, -0.1) is 0 Å². The van der Waals surface area contributed by atoms with Crippen molar-refractivity contribution in [2.75, 3.05) is 46.4 Å². The van der Waals surface area contributed by atoms with Crippen LogP contribution in [0.2, 0.25) is 0 Å². The predicted octanol–water partition coefficient (Wildman–Crippen LogP) is 0.875. The molecule has 0 amide bonds. The molecule has 7 heteroatoms. The molecular formula is C18H34N6O. The summed E-state index contributed by atoms with van der Waals surface area (Å²) in [5.41, 5.74) is 1.27. The molecule has 1 aliphatic heterocycles. The topological polar surface area (TPSA) is 66.7 Å². The molecule has 7 nitrogen and oxygen atoms in total. The third-order valence-corrected chi connectivity index (χ3v) is 4.26. The van der Waals surface area contributed by atoms with Gasteiger partial charge in [0.15, 0.2) is 5.96 Å². The quantitative estimate of drug-likeness (QED) is 0.414. The molecule has 0 aliphatic carbocycles. The molecule has 2 rings (SSSR count). The van der Waals surface area contributed by atoms with E-state index in [0.29, 0.717) is 5.92 Å². The lowest BCUT2D eigenvalue weighted by Crippen LogP contribution is -2.50. The molecule has 1 fully saturated rings. The number of morpholine rings is 1. The van der Waals surface area contributed by atoms with Crippen molar-refractivity contribution in [3.63, 3.8) is 0 Å². The Hall–Kier alpha value is -1.60. The summed E-state index contributed by atoms with van der Waals surface area (Å²) in [5.74, 6) is 1.54. The number of hydrogen-bond donors (Lipinski definition) is 2. The van der Waals surface area contributed by atoms with Crippen molar-refractivity contribution in [3.8, 4) is 0 Å². The second kappa shape index (κ2) is 10.4. The average molecular weight is 351 g/mol. The lowest BCUT2D eigenvalue weighted by Gasteiger charge is -2.34. The third-order valence-electron chi connectivity index (χ3n) is 4.26. The number of ether oxygens (including phenoxy) is 1. The molecule has 25 heavy (non-hydrogen) atoms. The number of aryl methyl sites for hydroxylation is 2. The normalized spacial score (nSPS) is 19.4. The summed E-state index contributed by atoms with van der Waals surface area (Å²) < 4.78 is 7.72. The Morgan fingerprint density at radius 2 is 2.28 bits per heavy atom. The van der Waals surface area contributed by atoms with E-state index in [4.69, 9.17) is 4.74 Å². The van der Waals surface area contributed by atoms with E-state index in [-0.39, 0.29) is 6.10 Å². The van der Waals surface area contributed by atoms with Crippen molar-refractivity contribution >= 4 is 5.96 Å². The number of aliphatic imine (C=N–C) groups is 1. The number of nitrogens with zero attached hydrogens (tertiary/aromatic N) is 4. The molecule has 0 saturated carbocycles. The fourth-order valence-electron chi connectivity index (χ4n) is 3.12. The first-order chi connectivity index (χ1) is 12.1. The van der Waals surface area contributed by atoms with Crippen LogP contribution in [0.15, 0.2) is 17.4 Å². The van der Waals surface area contributed by atoms with E-state index in [1.165, 1.54) is 5.56 Å². The zero-order valence-corrected chi connectivity index (χ0v) is 16.2. The molecule has 142 valence electrons. The van der Waals surface area contributed by atoms with E-state index in [1.807, 2.05) is 25.0 Å². The minimum atomic E-state index is 0.224. The molecule has 2 heterocycles. The van der Waals surface area contributed by atoms with Crippen LogP contribution in [-0.4, -0.2) is 73.1 Å². The molecular weight excluding hydrogens is 316 g/mol. The summed E-state index contributed by atoms with van der Waals surface area (Å²) in [7, 11) is 3.76. The van der Waals surface area contributed by atoms with Gasteiger partial charge in [-0.2, -0.15) is 5.10 Å². The lowest BCUT2D eigenvalue weighted by molar-refractivity contribution is -0.0284. The molecule has 1 aliphatic rings. The monoisotopic (exact) mass is 350 g/mol. The molecule has 0 aromatic carbocycles. The van der Waals surface area contributed by atoms with Gasteiger partial charge < -0.3 is 15.4 Å². The molecule has 0 radical (unpaired) electrons. The Morgan fingerprint density at radius 1 is 1.44 bits per heavy atom. The van der Waals surface area contributed by atoms with Gasteiger partial charge in [0.2, 0.25) is 0 Å². The van der Waals surface area contributed by atoms with Crippen LogP contribution < -0.4 is 10.6 Å². The number of nitrogens with one attached hydrogen (secondary N) is 2. The van der Waals surface area contributed by atoms with E-state index >= 15 is 0 Å². The first kappa shape index (κ1) is 19.7. The number of aromatic nitrogens is 2. The minimum absolute atomic E-state index is 0.224. The average Bonchev–Trinajstić information content (AvgIpc) is 2.99. The van der Waals surface area contributed by atoms with Gasteiger partial charge >= 0.3 is 0 Å². The Labute approximate surface area is 151 Å². The van der Waals surface area contributed by atoms with Crippen molar-refractivity contribution in [3.05, 3.63) is 18.0 Å². The van der Waals surface area contributed by atoms with E-state index < -0.39 is 0 Å². The van der Waals surface area contributed by atoms with E-state index in [9.17, 15) is 0 Å². The summed E-state index contributed by atoms with van der Waals surface area (Å²) in [6, 6.07) is 0. The first-order valence-electron chi connectivity index (χ1n) is 9.32. The molecule has 1 atom stereocenters.